The van der Waals surface area contributed by atoms with E-state index in [1.54, 1.807) is 4.90 Å². The molecule has 2 aliphatic rings. The third kappa shape index (κ3) is 6.27. The van der Waals surface area contributed by atoms with Crippen LogP contribution in [0.25, 0.3) is 0 Å². The minimum Gasteiger partial charge on any atom is -0.444 e. The number of benzene rings is 1. The predicted molar refractivity (Wildman–Crippen MR) is 134 cm³/mol. The average molecular weight is 462 g/mol. The zero-order chi connectivity index (χ0) is 24.1. The van der Waals surface area contributed by atoms with Gasteiger partial charge in [0.1, 0.15) is 5.60 Å². The number of ether oxygens (including phenoxy) is 1. The van der Waals surface area contributed by atoms with Crippen molar-refractivity contribution in [3.8, 4) is 12.3 Å². The lowest BCUT2D eigenvalue weighted by atomic mass is 10.1. The van der Waals surface area contributed by atoms with Gasteiger partial charge in [-0.3, -0.25) is 4.90 Å². The minimum atomic E-state index is -0.528. The third-order valence-electron chi connectivity index (χ3n) is 6.26. The highest BCUT2D eigenvalue weighted by Gasteiger charge is 2.25. The monoisotopic (exact) mass is 461 g/mol. The van der Waals surface area contributed by atoms with Crippen molar-refractivity contribution in [2.75, 3.05) is 31.5 Å². The van der Waals surface area contributed by atoms with Crippen LogP contribution in [-0.2, 0) is 30.5 Å². The van der Waals surface area contributed by atoms with Gasteiger partial charge in [0.15, 0.2) is 0 Å². The van der Waals surface area contributed by atoms with Gasteiger partial charge in [-0.25, -0.2) is 14.8 Å². The van der Waals surface area contributed by atoms with E-state index < -0.39 is 5.60 Å². The summed E-state index contributed by atoms with van der Waals surface area (Å²) in [4.78, 5) is 26.0. The molecule has 1 aromatic heterocycles. The molecule has 7 nitrogen and oxygen atoms in total. The van der Waals surface area contributed by atoms with E-state index in [4.69, 9.17) is 16.1 Å². The highest BCUT2D eigenvalue weighted by atomic mass is 16.6. The number of carbonyl (C=O) groups is 1. The molecule has 0 bridgehead atoms. The number of amides is 1. The Morgan fingerprint density at radius 3 is 2.65 bits per heavy atom. The van der Waals surface area contributed by atoms with Crippen molar-refractivity contribution >= 4 is 12.0 Å². The summed E-state index contributed by atoms with van der Waals surface area (Å²) >= 11 is 0. The van der Waals surface area contributed by atoms with Gasteiger partial charge in [0.2, 0.25) is 5.95 Å². The van der Waals surface area contributed by atoms with Crippen LogP contribution in [0.1, 0.15) is 49.6 Å². The van der Waals surface area contributed by atoms with Gasteiger partial charge in [0, 0.05) is 63.4 Å². The van der Waals surface area contributed by atoms with Crippen LogP contribution in [0.5, 0.6) is 0 Å². The summed E-state index contributed by atoms with van der Waals surface area (Å²) in [6, 6.07) is 8.96. The number of anilines is 1. The zero-order valence-corrected chi connectivity index (χ0v) is 20.5. The van der Waals surface area contributed by atoms with Crippen molar-refractivity contribution in [1.82, 2.24) is 19.8 Å². The Kier molecular flexibility index (Phi) is 7.38. The Hall–Kier alpha value is -3.11. The molecule has 0 saturated carbocycles. The van der Waals surface area contributed by atoms with E-state index in [0.29, 0.717) is 25.6 Å². The molecule has 34 heavy (non-hydrogen) atoms. The molecule has 0 saturated heterocycles. The van der Waals surface area contributed by atoms with E-state index in [-0.39, 0.29) is 6.09 Å². The van der Waals surface area contributed by atoms with Crippen LogP contribution in [0.3, 0.4) is 0 Å². The molecule has 0 unspecified atom stereocenters. The van der Waals surface area contributed by atoms with Crippen molar-refractivity contribution < 1.29 is 9.53 Å². The van der Waals surface area contributed by atoms with Crippen molar-refractivity contribution in [3.05, 3.63) is 52.8 Å². The molecule has 1 amide bonds. The van der Waals surface area contributed by atoms with Crippen LogP contribution in [-0.4, -0.2) is 63.7 Å². The summed E-state index contributed by atoms with van der Waals surface area (Å²) in [5.41, 5.74) is 4.56. The van der Waals surface area contributed by atoms with E-state index in [0.717, 1.165) is 56.1 Å². The van der Waals surface area contributed by atoms with Gasteiger partial charge in [-0.1, -0.05) is 24.3 Å². The second kappa shape index (κ2) is 10.4. The maximum Gasteiger partial charge on any atom is 0.410 e. The molecular weight excluding hydrogens is 426 g/mol. The van der Waals surface area contributed by atoms with Crippen LogP contribution >= 0.6 is 0 Å². The van der Waals surface area contributed by atoms with Gasteiger partial charge in [0.05, 0.1) is 5.69 Å². The fourth-order valence-corrected chi connectivity index (χ4v) is 4.56. The largest absolute Gasteiger partial charge is 0.444 e. The first-order valence-corrected chi connectivity index (χ1v) is 12.1. The van der Waals surface area contributed by atoms with Crippen LogP contribution in [0.2, 0.25) is 0 Å². The molecule has 0 spiro atoms. The topological polar surface area (TPSA) is 70.6 Å². The van der Waals surface area contributed by atoms with E-state index in [9.17, 15) is 4.79 Å². The lowest BCUT2D eigenvalue weighted by molar-refractivity contribution is 0.0233. The number of terminal acetylenes is 1. The van der Waals surface area contributed by atoms with Crippen LogP contribution in [0.15, 0.2) is 30.5 Å². The molecule has 0 fully saturated rings. The number of nitrogens with zero attached hydrogens (tertiary/aromatic N) is 4. The van der Waals surface area contributed by atoms with Gasteiger partial charge in [-0.05, 0) is 44.7 Å². The fourth-order valence-electron chi connectivity index (χ4n) is 4.56. The lowest BCUT2D eigenvalue weighted by Crippen LogP contribution is -2.43. The van der Waals surface area contributed by atoms with Crippen molar-refractivity contribution in [2.24, 2.45) is 0 Å². The Morgan fingerprint density at radius 2 is 1.97 bits per heavy atom. The maximum absolute atomic E-state index is 12.6. The normalized spacial score (nSPS) is 15.8. The molecule has 7 heteroatoms. The van der Waals surface area contributed by atoms with Gasteiger partial charge < -0.3 is 15.0 Å². The number of hydrogen-bond acceptors (Lipinski definition) is 6. The van der Waals surface area contributed by atoms with Crippen LogP contribution in [0.4, 0.5) is 10.7 Å². The molecule has 1 aromatic carbocycles. The summed E-state index contributed by atoms with van der Waals surface area (Å²) in [6.45, 7) is 9.14. The molecule has 4 rings (SSSR count). The Balaban J connectivity index is 1.31. The molecule has 1 aliphatic heterocycles. The molecule has 2 aromatic rings. The zero-order valence-electron chi connectivity index (χ0n) is 20.5. The summed E-state index contributed by atoms with van der Waals surface area (Å²) in [6.07, 6.45) is 10.5. The minimum absolute atomic E-state index is 0.312. The highest BCUT2D eigenvalue weighted by Crippen LogP contribution is 2.24. The number of nitrogens with one attached hydrogen (secondary N) is 1. The standard InChI is InChI=1S/C27H35N5O2/c1-5-6-12-32(26(33)34-27(2,3)4)15-14-31-13-11-24-22(19-31)18-28-25(30-24)29-23-16-20-9-7-8-10-21(20)17-23/h1,7-10,18,23H,6,11-17,19H2,2-4H3,(H,28,29,30). The van der Waals surface area contributed by atoms with Crippen molar-refractivity contribution in [2.45, 2.75) is 64.6 Å². The van der Waals surface area contributed by atoms with Crippen molar-refractivity contribution in [1.29, 1.82) is 0 Å². The quantitative estimate of drug-likeness (QED) is 0.635. The summed E-state index contributed by atoms with van der Waals surface area (Å²) in [5.74, 6) is 3.34. The first kappa shape index (κ1) is 24.0. The van der Waals surface area contributed by atoms with Crippen molar-refractivity contribution in [3.63, 3.8) is 0 Å². The van der Waals surface area contributed by atoms with Crippen LogP contribution < -0.4 is 5.32 Å². The van der Waals surface area contributed by atoms with E-state index in [1.165, 1.54) is 11.1 Å². The maximum atomic E-state index is 12.6. The molecule has 0 radical (unpaired) electrons. The summed E-state index contributed by atoms with van der Waals surface area (Å²) in [7, 11) is 0. The lowest BCUT2D eigenvalue weighted by Gasteiger charge is -2.31. The smallest absolute Gasteiger partial charge is 0.410 e. The summed E-state index contributed by atoms with van der Waals surface area (Å²) in [5, 5.41) is 3.53. The van der Waals surface area contributed by atoms with E-state index in [1.807, 2.05) is 27.0 Å². The average Bonchev–Trinajstić information content (AvgIpc) is 3.20. The number of hydrogen-bond donors (Lipinski definition) is 1. The second-order valence-electron chi connectivity index (χ2n) is 10.1. The van der Waals surface area contributed by atoms with E-state index >= 15 is 0 Å². The van der Waals surface area contributed by atoms with Crippen LogP contribution in [0, 0.1) is 12.3 Å². The molecule has 180 valence electrons. The Labute approximate surface area is 202 Å². The first-order chi connectivity index (χ1) is 16.3. The second-order valence-corrected chi connectivity index (χ2v) is 10.1. The van der Waals surface area contributed by atoms with Gasteiger partial charge in [0.25, 0.3) is 0 Å². The number of fused-ring (bicyclic) bond motifs is 2. The third-order valence-corrected chi connectivity index (χ3v) is 6.26. The summed E-state index contributed by atoms with van der Waals surface area (Å²) < 4.78 is 5.55. The van der Waals surface area contributed by atoms with Gasteiger partial charge >= 0.3 is 6.09 Å². The number of aromatic nitrogens is 2. The molecule has 1 N–H and O–H groups in total. The van der Waals surface area contributed by atoms with E-state index in [2.05, 4.69) is 45.4 Å². The molecule has 0 atom stereocenters. The molecule has 1 aliphatic carbocycles. The Bertz CT molecular complexity index is 1030. The number of carbonyl (C=O) groups excluding carboxylic acids is 1. The molecule has 2 heterocycles. The number of rotatable bonds is 7. The Morgan fingerprint density at radius 1 is 1.24 bits per heavy atom. The SMILES string of the molecule is C#CCCN(CCN1CCc2nc(NC3Cc4ccccc4C3)ncc2C1)C(=O)OC(C)(C)C. The van der Waals surface area contributed by atoms with Gasteiger partial charge in [-0.15, -0.1) is 12.3 Å². The highest BCUT2D eigenvalue weighted by molar-refractivity contribution is 5.68. The van der Waals surface area contributed by atoms with Gasteiger partial charge in [-0.2, -0.15) is 0 Å². The predicted octanol–water partition coefficient (Wildman–Crippen LogP) is 3.67. The first-order valence-electron chi connectivity index (χ1n) is 12.1. The fraction of sp³-hybridized carbons (Fsp3) is 0.519. The molecular formula is C27H35N5O2.